The van der Waals surface area contributed by atoms with Crippen LogP contribution in [0.15, 0.2) is 0 Å². The molecular formula is C10H18Cl2. The fourth-order valence-corrected chi connectivity index (χ4v) is 3.00. The number of halogens is 2. The van der Waals surface area contributed by atoms with Gasteiger partial charge in [0.25, 0.3) is 0 Å². The SMILES string of the molecule is CC1CCC(C(C)CCl)C(Cl)C1. The number of hydrogen-bond donors (Lipinski definition) is 0. The summed E-state index contributed by atoms with van der Waals surface area (Å²) in [5.41, 5.74) is 0. The van der Waals surface area contributed by atoms with E-state index in [1.807, 2.05) is 0 Å². The summed E-state index contributed by atoms with van der Waals surface area (Å²) in [7, 11) is 0. The molecule has 0 heterocycles. The largest absolute Gasteiger partial charge is 0.126 e. The van der Waals surface area contributed by atoms with Crippen LogP contribution < -0.4 is 0 Å². The van der Waals surface area contributed by atoms with Gasteiger partial charge in [0.1, 0.15) is 0 Å². The van der Waals surface area contributed by atoms with Gasteiger partial charge >= 0.3 is 0 Å². The van der Waals surface area contributed by atoms with E-state index in [-0.39, 0.29) is 0 Å². The molecule has 0 saturated heterocycles. The Kier molecular flexibility index (Phi) is 4.19. The Morgan fingerprint density at radius 2 is 2.08 bits per heavy atom. The van der Waals surface area contributed by atoms with Crippen LogP contribution in [-0.2, 0) is 0 Å². The van der Waals surface area contributed by atoms with E-state index in [9.17, 15) is 0 Å². The molecule has 0 amide bonds. The van der Waals surface area contributed by atoms with Gasteiger partial charge in [-0.05, 0) is 30.6 Å². The molecule has 4 atom stereocenters. The molecule has 1 rings (SSSR count). The van der Waals surface area contributed by atoms with Crippen LogP contribution in [0, 0.1) is 17.8 Å². The Hall–Kier alpha value is 0.580. The Labute approximate surface area is 85.6 Å². The Bertz CT molecular complexity index is 136. The molecule has 0 aromatic carbocycles. The lowest BCUT2D eigenvalue weighted by Gasteiger charge is -2.34. The molecule has 1 aliphatic carbocycles. The van der Waals surface area contributed by atoms with Crippen molar-refractivity contribution in [1.29, 1.82) is 0 Å². The van der Waals surface area contributed by atoms with Crippen molar-refractivity contribution in [3.8, 4) is 0 Å². The molecule has 72 valence electrons. The minimum Gasteiger partial charge on any atom is -0.126 e. The maximum absolute atomic E-state index is 6.29. The number of rotatable bonds is 2. The summed E-state index contributed by atoms with van der Waals surface area (Å²) in [4.78, 5) is 0. The van der Waals surface area contributed by atoms with Crippen LogP contribution in [0.25, 0.3) is 0 Å². The number of hydrogen-bond acceptors (Lipinski definition) is 0. The molecule has 0 aromatic rings. The van der Waals surface area contributed by atoms with Gasteiger partial charge in [0.15, 0.2) is 0 Å². The van der Waals surface area contributed by atoms with E-state index >= 15 is 0 Å². The molecule has 1 aliphatic rings. The topological polar surface area (TPSA) is 0 Å². The summed E-state index contributed by atoms with van der Waals surface area (Å²) < 4.78 is 0. The zero-order valence-corrected chi connectivity index (χ0v) is 9.41. The van der Waals surface area contributed by atoms with Gasteiger partial charge in [-0.2, -0.15) is 0 Å². The first-order chi connectivity index (χ1) is 5.65. The van der Waals surface area contributed by atoms with Crippen LogP contribution in [-0.4, -0.2) is 11.3 Å². The fourth-order valence-electron chi connectivity index (χ4n) is 2.09. The highest BCUT2D eigenvalue weighted by molar-refractivity contribution is 6.21. The quantitative estimate of drug-likeness (QED) is 0.605. The molecule has 0 nitrogen and oxygen atoms in total. The van der Waals surface area contributed by atoms with Crippen molar-refractivity contribution in [3.63, 3.8) is 0 Å². The first-order valence-corrected chi connectivity index (χ1v) is 5.82. The molecule has 0 aromatic heterocycles. The lowest BCUT2D eigenvalue weighted by Crippen LogP contribution is -2.29. The van der Waals surface area contributed by atoms with Crippen molar-refractivity contribution in [2.45, 2.75) is 38.5 Å². The third-order valence-corrected chi connectivity index (χ3v) is 4.05. The molecule has 12 heavy (non-hydrogen) atoms. The summed E-state index contributed by atoms with van der Waals surface area (Å²) in [6, 6.07) is 0. The molecule has 0 bridgehead atoms. The fraction of sp³-hybridized carbons (Fsp3) is 1.00. The normalized spacial score (nSPS) is 39.5. The second-order valence-corrected chi connectivity index (χ2v) is 5.10. The molecule has 0 radical (unpaired) electrons. The Balaban J connectivity index is 2.44. The van der Waals surface area contributed by atoms with Crippen molar-refractivity contribution in [2.75, 3.05) is 5.88 Å². The lowest BCUT2D eigenvalue weighted by atomic mass is 9.77. The minimum absolute atomic E-state index is 0.363. The van der Waals surface area contributed by atoms with E-state index in [2.05, 4.69) is 13.8 Å². The average molecular weight is 209 g/mol. The van der Waals surface area contributed by atoms with E-state index in [1.54, 1.807) is 0 Å². The highest BCUT2D eigenvalue weighted by Crippen LogP contribution is 2.36. The molecule has 2 heteroatoms. The van der Waals surface area contributed by atoms with Crippen LogP contribution in [0.2, 0.25) is 0 Å². The average Bonchev–Trinajstić information content (AvgIpc) is 2.03. The summed E-state index contributed by atoms with van der Waals surface area (Å²) in [5, 5.41) is 0.363. The first kappa shape index (κ1) is 10.7. The van der Waals surface area contributed by atoms with Gasteiger partial charge in [0.2, 0.25) is 0 Å². The van der Waals surface area contributed by atoms with E-state index in [1.165, 1.54) is 19.3 Å². The predicted octanol–water partition coefficient (Wildman–Crippen LogP) is 3.90. The number of alkyl halides is 2. The first-order valence-electron chi connectivity index (χ1n) is 4.85. The van der Waals surface area contributed by atoms with Gasteiger partial charge in [0, 0.05) is 11.3 Å². The Morgan fingerprint density at radius 1 is 1.42 bits per heavy atom. The van der Waals surface area contributed by atoms with Crippen molar-refractivity contribution >= 4 is 23.2 Å². The summed E-state index contributed by atoms with van der Waals surface area (Å²) in [6.45, 7) is 4.50. The van der Waals surface area contributed by atoms with Crippen LogP contribution in [0.5, 0.6) is 0 Å². The van der Waals surface area contributed by atoms with Crippen LogP contribution in [0.3, 0.4) is 0 Å². The van der Waals surface area contributed by atoms with Gasteiger partial charge in [0.05, 0.1) is 0 Å². The molecule has 0 aliphatic heterocycles. The van der Waals surface area contributed by atoms with Crippen molar-refractivity contribution < 1.29 is 0 Å². The zero-order chi connectivity index (χ0) is 9.14. The predicted molar refractivity (Wildman–Crippen MR) is 56.0 cm³/mol. The van der Waals surface area contributed by atoms with E-state index < -0.39 is 0 Å². The minimum atomic E-state index is 0.363. The third kappa shape index (κ3) is 2.53. The molecule has 1 fully saturated rings. The van der Waals surface area contributed by atoms with Gasteiger partial charge in [-0.3, -0.25) is 0 Å². The second kappa shape index (κ2) is 4.72. The molecule has 4 unspecified atom stereocenters. The lowest BCUT2D eigenvalue weighted by molar-refractivity contribution is 0.242. The van der Waals surface area contributed by atoms with Gasteiger partial charge in [-0.15, -0.1) is 23.2 Å². The second-order valence-electron chi connectivity index (χ2n) is 4.23. The van der Waals surface area contributed by atoms with Crippen molar-refractivity contribution in [3.05, 3.63) is 0 Å². The maximum Gasteiger partial charge on any atom is 0.0369 e. The van der Waals surface area contributed by atoms with Crippen molar-refractivity contribution in [2.24, 2.45) is 17.8 Å². The highest BCUT2D eigenvalue weighted by atomic mass is 35.5. The van der Waals surface area contributed by atoms with Gasteiger partial charge in [-0.25, -0.2) is 0 Å². The standard InChI is InChI=1S/C10H18Cl2/c1-7-3-4-9(8(2)6-11)10(12)5-7/h7-10H,3-6H2,1-2H3. The summed E-state index contributed by atoms with van der Waals surface area (Å²) in [5.74, 6) is 2.80. The molecule has 0 N–H and O–H groups in total. The van der Waals surface area contributed by atoms with Crippen molar-refractivity contribution in [1.82, 2.24) is 0 Å². The molecular weight excluding hydrogens is 191 g/mol. The van der Waals surface area contributed by atoms with E-state index in [0.717, 1.165) is 11.8 Å². The van der Waals surface area contributed by atoms with E-state index in [0.29, 0.717) is 17.2 Å². The van der Waals surface area contributed by atoms with Crippen LogP contribution in [0.4, 0.5) is 0 Å². The monoisotopic (exact) mass is 208 g/mol. The maximum atomic E-state index is 6.29. The summed E-state index contributed by atoms with van der Waals surface area (Å²) >= 11 is 12.1. The van der Waals surface area contributed by atoms with E-state index in [4.69, 9.17) is 23.2 Å². The Morgan fingerprint density at radius 3 is 2.58 bits per heavy atom. The molecule has 0 spiro atoms. The van der Waals surface area contributed by atoms with Gasteiger partial charge < -0.3 is 0 Å². The van der Waals surface area contributed by atoms with Crippen LogP contribution >= 0.6 is 23.2 Å². The highest BCUT2D eigenvalue weighted by Gasteiger charge is 2.30. The molecule has 1 saturated carbocycles. The summed E-state index contributed by atoms with van der Waals surface area (Å²) in [6.07, 6.45) is 3.77. The van der Waals surface area contributed by atoms with Crippen LogP contribution in [0.1, 0.15) is 33.1 Å². The zero-order valence-electron chi connectivity index (χ0n) is 7.89. The van der Waals surface area contributed by atoms with Gasteiger partial charge in [-0.1, -0.05) is 20.3 Å². The third-order valence-electron chi connectivity index (χ3n) is 3.06. The smallest absolute Gasteiger partial charge is 0.0369 e.